The van der Waals surface area contributed by atoms with Crippen LogP contribution in [0.2, 0.25) is 0 Å². The summed E-state index contributed by atoms with van der Waals surface area (Å²) < 4.78 is 18.3. The molecule has 1 aromatic heterocycles. The minimum absolute atomic E-state index is 0.0516. The van der Waals surface area contributed by atoms with Crippen molar-refractivity contribution in [3.63, 3.8) is 0 Å². The van der Waals surface area contributed by atoms with Crippen molar-refractivity contribution in [3.05, 3.63) is 16.4 Å². The standard InChI is InChI=1S/C7H8BrFN2O2/c1-13-7(12)6-5(8)4-10-11(6)3-2-9/h4H,2-3H2,1H3. The number of aryl methyl sites for hydroxylation is 1. The summed E-state index contributed by atoms with van der Waals surface area (Å²) in [6.45, 7) is -0.520. The average Bonchev–Trinajstić information content (AvgIpc) is 2.47. The van der Waals surface area contributed by atoms with Gasteiger partial charge in [-0.3, -0.25) is 4.68 Å². The molecule has 0 fully saturated rings. The number of esters is 1. The van der Waals surface area contributed by atoms with Crippen molar-refractivity contribution in [1.29, 1.82) is 0 Å². The Balaban J connectivity index is 3.01. The molecule has 0 amide bonds. The Bertz CT molecular complexity index is 313. The van der Waals surface area contributed by atoms with Crippen molar-refractivity contribution in [3.8, 4) is 0 Å². The van der Waals surface area contributed by atoms with Crippen molar-refractivity contribution in [2.45, 2.75) is 6.54 Å². The van der Waals surface area contributed by atoms with Gasteiger partial charge in [-0.05, 0) is 15.9 Å². The summed E-state index contributed by atoms with van der Waals surface area (Å²) in [5.74, 6) is -0.530. The fourth-order valence-corrected chi connectivity index (χ4v) is 1.37. The lowest BCUT2D eigenvalue weighted by atomic mass is 10.4. The highest BCUT2D eigenvalue weighted by molar-refractivity contribution is 9.10. The molecule has 0 aliphatic rings. The fraction of sp³-hybridized carbons (Fsp3) is 0.429. The molecule has 6 heteroatoms. The molecule has 0 N–H and O–H groups in total. The van der Waals surface area contributed by atoms with E-state index in [1.807, 2.05) is 0 Å². The molecule has 0 unspecified atom stereocenters. The topological polar surface area (TPSA) is 44.1 Å². The summed E-state index contributed by atoms with van der Waals surface area (Å²) in [5, 5.41) is 3.80. The number of methoxy groups -OCH3 is 1. The molecule has 0 radical (unpaired) electrons. The number of rotatable bonds is 3. The Labute approximate surface area is 82.8 Å². The number of carbonyl (C=O) groups is 1. The van der Waals surface area contributed by atoms with Crippen molar-refractivity contribution >= 4 is 21.9 Å². The summed E-state index contributed by atoms with van der Waals surface area (Å²) in [6.07, 6.45) is 1.43. The molecule has 13 heavy (non-hydrogen) atoms. The third-order valence-corrected chi connectivity index (χ3v) is 2.05. The molecule has 0 aliphatic heterocycles. The molecule has 0 saturated heterocycles. The Morgan fingerprint density at radius 3 is 3.08 bits per heavy atom. The van der Waals surface area contributed by atoms with Gasteiger partial charge < -0.3 is 4.74 Å². The maximum Gasteiger partial charge on any atom is 0.357 e. The van der Waals surface area contributed by atoms with Crippen LogP contribution in [0.25, 0.3) is 0 Å². The van der Waals surface area contributed by atoms with E-state index in [0.717, 1.165) is 0 Å². The van der Waals surface area contributed by atoms with Crippen molar-refractivity contribution in [2.24, 2.45) is 0 Å². The van der Waals surface area contributed by atoms with Crippen LogP contribution in [0.3, 0.4) is 0 Å². The number of alkyl halides is 1. The van der Waals surface area contributed by atoms with Gasteiger partial charge in [0.25, 0.3) is 0 Å². The predicted molar refractivity (Wildman–Crippen MR) is 47.2 cm³/mol. The number of nitrogens with zero attached hydrogens (tertiary/aromatic N) is 2. The Morgan fingerprint density at radius 1 is 1.85 bits per heavy atom. The second-order valence-electron chi connectivity index (χ2n) is 2.24. The lowest BCUT2D eigenvalue weighted by molar-refractivity contribution is 0.0585. The number of halogens is 2. The molecule has 1 heterocycles. The molecular formula is C7H8BrFN2O2. The summed E-state index contributed by atoms with van der Waals surface area (Å²) >= 11 is 3.12. The molecular weight excluding hydrogens is 243 g/mol. The maximum absolute atomic E-state index is 12.0. The smallest absolute Gasteiger partial charge is 0.357 e. The molecule has 0 spiro atoms. The van der Waals surface area contributed by atoms with Crippen molar-refractivity contribution < 1.29 is 13.9 Å². The van der Waals surface area contributed by atoms with Crippen LogP contribution < -0.4 is 0 Å². The number of aromatic nitrogens is 2. The first-order chi connectivity index (χ1) is 6.20. The monoisotopic (exact) mass is 250 g/mol. The Kier molecular flexibility index (Phi) is 3.41. The zero-order chi connectivity index (χ0) is 9.84. The minimum Gasteiger partial charge on any atom is -0.464 e. The third kappa shape index (κ3) is 2.06. The van der Waals surface area contributed by atoms with E-state index in [0.29, 0.717) is 4.47 Å². The summed E-state index contributed by atoms with van der Waals surface area (Å²) in [5.41, 5.74) is 0.236. The lowest BCUT2D eigenvalue weighted by Gasteiger charge is -2.02. The van der Waals surface area contributed by atoms with E-state index in [4.69, 9.17) is 0 Å². The van der Waals surface area contributed by atoms with Gasteiger partial charge in [0.05, 0.1) is 24.3 Å². The van der Waals surface area contributed by atoms with E-state index < -0.39 is 12.6 Å². The number of carbonyl (C=O) groups excluding carboxylic acids is 1. The molecule has 72 valence electrons. The van der Waals surface area contributed by atoms with Gasteiger partial charge in [-0.15, -0.1) is 0 Å². The first kappa shape index (κ1) is 10.2. The van der Waals surface area contributed by atoms with E-state index in [1.54, 1.807) is 0 Å². The molecule has 0 aromatic carbocycles. The van der Waals surface area contributed by atoms with E-state index in [-0.39, 0.29) is 12.2 Å². The molecule has 4 nitrogen and oxygen atoms in total. The van der Waals surface area contributed by atoms with Crippen LogP contribution >= 0.6 is 15.9 Å². The van der Waals surface area contributed by atoms with E-state index in [1.165, 1.54) is 18.0 Å². The van der Waals surface area contributed by atoms with Crippen molar-refractivity contribution in [1.82, 2.24) is 9.78 Å². The van der Waals surface area contributed by atoms with Crippen LogP contribution in [0, 0.1) is 0 Å². The van der Waals surface area contributed by atoms with Gasteiger partial charge >= 0.3 is 5.97 Å². The van der Waals surface area contributed by atoms with E-state index >= 15 is 0 Å². The highest BCUT2D eigenvalue weighted by Crippen LogP contribution is 2.16. The minimum atomic E-state index is -0.571. The average molecular weight is 251 g/mol. The molecule has 1 rings (SSSR count). The summed E-state index contributed by atoms with van der Waals surface area (Å²) in [4.78, 5) is 11.2. The molecule has 0 atom stereocenters. The van der Waals surface area contributed by atoms with Crippen LogP contribution in [-0.2, 0) is 11.3 Å². The second kappa shape index (κ2) is 4.36. The molecule has 1 aromatic rings. The van der Waals surface area contributed by atoms with Crippen LogP contribution in [-0.4, -0.2) is 29.5 Å². The number of hydrogen-bond donors (Lipinski definition) is 0. The summed E-state index contributed by atoms with van der Waals surface area (Å²) in [6, 6.07) is 0. The van der Waals surface area contributed by atoms with Crippen molar-refractivity contribution in [2.75, 3.05) is 13.8 Å². The molecule has 0 saturated carbocycles. The van der Waals surface area contributed by atoms with Gasteiger partial charge in [0.15, 0.2) is 5.69 Å². The Hall–Kier alpha value is -0.910. The van der Waals surface area contributed by atoms with E-state index in [9.17, 15) is 9.18 Å². The second-order valence-corrected chi connectivity index (χ2v) is 3.10. The molecule has 0 aliphatic carbocycles. The van der Waals surface area contributed by atoms with Crippen LogP contribution in [0.1, 0.15) is 10.5 Å². The summed E-state index contributed by atoms with van der Waals surface area (Å²) in [7, 11) is 1.27. The third-order valence-electron chi connectivity index (χ3n) is 1.47. The van der Waals surface area contributed by atoms with Crippen LogP contribution in [0.4, 0.5) is 4.39 Å². The highest BCUT2D eigenvalue weighted by Gasteiger charge is 2.16. The number of ether oxygens (including phenoxy) is 1. The number of hydrogen-bond acceptors (Lipinski definition) is 3. The molecule has 0 bridgehead atoms. The Morgan fingerprint density at radius 2 is 2.54 bits per heavy atom. The van der Waals surface area contributed by atoms with Gasteiger partial charge in [-0.2, -0.15) is 5.10 Å². The highest BCUT2D eigenvalue weighted by atomic mass is 79.9. The fourth-order valence-electron chi connectivity index (χ4n) is 0.912. The first-order valence-electron chi connectivity index (χ1n) is 3.56. The first-order valence-corrected chi connectivity index (χ1v) is 4.35. The predicted octanol–water partition coefficient (Wildman–Crippen LogP) is 1.40. The van der Waals surface area contributed by atoms with Gasteiger partial charge in [0.2, 0.25) is 0 Å². The normalized spacial score (nSPS) is 10.1. The van der Waals surface area contributed by atoms with Gasteiger partial charge in [0, 0.05) is 0 Å². The van der Waals surface area contributed by atoms with Gasteiger partial charge in [0.1, 0.15) is 6.67 Å². The van der Waals surface area contributed by atoms with Crippen LogP contribution in [0.15, 0.2) is 10.7 Å². The SMILES string of the molecule is COC(=O)c1c(Br)cnn1CCF. The lowest BCUT2D eigenvalue weighted by Crippen LogP contribution is -2.13. The largest absolute Gasteiger partial charge is 0.464 e. The zero-order valence-corrected chi connectivity index (χ0v) is 8.54. The van der Waals surface area contributed by atoms with E-state index in [2.05, 4.69) is 25.8 Å². The zero-order valence-electron chi connectivity index (χ0n) is 6.96. The van der Waals surface area contributed by atoms with Gasteiger partial charge in [-0.1, -0.05) is 0 Å². The van der Waals surface area contributed by atoms with Gasteiger partial charge in [-0.25, -0.2) is 9.18 Å². The maximum atomic E-state index is 12.0. The quantitative estimate of drug-likeness (QED) is 0.762. The van der Waals surface area contributed by atoms with Crippen LogP contribution in [0.5, 0.6) is 0 Å².